The molecule has 0 unspecified atom stereocenters. The number of aliphatic imine (C=N–C) groups is 1. The highest BCUT2D eigenvalue weighted by atomic mass is 127. The lowest BCUT2D eigenvalue weighted by Crippen LogP contribution is -2.36. The third-order valence-corrected chi connectivity index (χ3v) is 4.95. The van der Waals surface area contributed by atoms with Gasteiger partial charge in [0, 0.05) is 19.2 Å². The number of rotatable bonds is 8. The molecule has 30 heavy (non-hydrogen) atoms. The molecule has 158 valence electrons. The van der Waals surface area contributed by atoms with Crippen molar-refractivity contribution >= 4 is 29.9 Å². The average molecular weight is 517 g/mol. The van der Waals surface area contributed by atoms with Gasteiger partial charge in [0.15, 0.2) is 5.96 Å². The SMILES string of the molecule is CN=C(NCc1ncc(-c2ccccc2)[nH]1)NCc1ccccc1OCC1CC1.I. The van der Waals surface area contributed by atoms with Crippen LogP contribution in [-0.4, -0.2) is 29.6 Å². The van der Waals surface area contributed by atoms with Gasteiger partial charge in [-0.05, 0) is 30.4 Å². The molecule has 1 aliphatic carbocycles. The Morgan fingerprint density at radius 3 is 2.57 bits per heavy atom. The van der Waals surface area contributed by atoms with Gasteiger partial charge >= 0.3 is 0 Å². The molecule has 0 saturated heterocycles. The molecule has 1 aliphatic rings. The van der Waals surface area contributed by atoms with Crippen LogP contribution in [0.15, 0.2) is 65.8 Å². The molecular formula is C23H28IN5O. The van der Waals surface area contributed by atoms with Crippen molar-refractivity contribution in [3.8, 4) is 17.0 Å². The number of imidazole rings is 1. The lowest BCUT2D eigenvalue weighted by atomic mass is 10.2. The van der Waals surface area contributed by atoms with Gasteiger partial charge in [-0.3, -0.25) is 4.99 Å². The fraction of sp³-hybridized carbons (Fsp3) is 0.304. The summed E-state index contributed by atoms with van der Waals surface area (Å²) in [6.45, 7) is 2.02. The van der Waals surface area contributed by atoms with Gasteiger partial charge in [-0.15, -0.1) is 24.0 Å². The van der Waals surface area contributed by atoms with Gasteiger partial charge in [-0.2, -0.15) is 0 Å². The van der Waals surface area contributed by atoms with Crippen molar-refractivity contribution in [2.45, 2.75) is 25.9 Å². The number of benzene rings is 2. The first-order chi connectivity index (χ1) is 14.3. The molecule has 0 spiro atoms. The van der Waals surface area contributed by atoms with Crippen LogP contribution >= 0.6 is 24.0 Å². The highest BCUT2D eigenvalue weighted by molar-refractivity contribution is 14.0. The van der Waals surface area contributed by atoms with Gasteiger partial charge in [0.05, 0.1) is 25.0 Å². The number of aromatic amines is 1. The van der Waals surface area contributed by atoms with E-state index >= 15 is 0 Å². The van der Waals surface area contributed by atoms with E-state index in [0.717, 1.165) is 46.9 Å². The number of nitrogens with zero attached hydrogens (tertiary/aromatic N) is 2. The van der Waals surface area contributed by atoms with Crippen molar-refractivity contribution in [1.29, 1.82) is 0 Å². The molecular weight excluding hydrogens is 489 g/mol. The Kier molecular flexibility index (Phi) is 8.12. The lowest BCUT2D eigenvalue weighted by molar-refractivity contribution is 0.296. The van der Waals surface area contributed by atoms with Crippen molar-refractivity contribution in [1.82, 2.24) is 20.6 Å². The van der Waals surface area contributed by atoms with Gasteiger partial charge in [0.1, 0.15) is 11.6 Å². The summed E-state index contributed by atoms with van der Waals surface area (Å²) in [6, 6.07) is 18.3. The predicted molar refractivity (Wildman–Crippen MR) is 131 cm³/mol. The van der Waals surface area contributed by atoms with E-state index < -0.39 is 0 Å². The van der Waals surface area contributed by atoms with Gasteiger partial charge in [-0.25, -0.2) is 4.98 Å². The largest absolute Gasteiger partial charge is 0.493 e. The topological polar surface area (TPSA) is 74.3 Å². The summed E-state index contributed by atoms with van der Waals surface area (Å²) >= 11 is 0. The first-order valence-electron chi connectivity index (χ1n) is 10.1. The highest BCUT2D eigenvalue weighted by Gasteiger charge is 2.22. The van der Waals surface area contributed by atoms with Crippen molar-refractivity contribution in [3.63, 3.8) is 0 Å². The third-order valence-electron chi connectivity index (χ3n) is 4.95. The van der Waals surface area contributed by atoms with Crippen LogP contribution in [0.4, 0.5) is 0 Å². The Hall–Kier alpha value is -2.55. The molecule has 0 aliphatic heterocycles. The summed E-state index contributed by atoms with van der Waals surface area (Å²) in [5.74, 6) is 3.26. The molecule has 1 heterocycles. The summed E-state index contributed by atoms with van der Waals surface area (Å²) in [5, 5.41) is 6.66. The van der Waals surface area contributed by atoms with Crippen LogP contribution < -0.4 is 15.4 Å². The minimum Gasteiger partial charge on any atom is -0.493 e. The minimum absolute atomic E-state index is 0. The van der Waals surface area contributed by atoms with Crippen molar-refractivity contribution in [2.24, 2.45) is 10.9 Å². The Morgan fingerprint density at radius 1 is 1.07 bits per heavy atom. The first-order valence-corrected chi connectivity index (χ1v) is 10.1. The van der Waals surface area contributed by atoms with Crippen molar-refractivity contribution in [3.05, 3.63) is 72.2 Å². The maximum atomic E-state index is 5.99. The van der Waals surface area contributed by atoms with Crippen molar-refractivity contribution < 1.29 is 4.74 Å². The molecule has 1 aromatic heterocycles. The number of para-hydroxylation sites is 1. The zero-order valence-corrected chi connectivity index (χ0v) is 19.4. The second kappa shape index (κ2) is 11.0. The van der Waals surface area contributed by atoms with E-state index in [0.29, 0.717) is 13.1 Å². The minimum atomic E-state index is 0. The number of halogens is 1. The molecule has 0 bridgehead atoms. The smallest absolute Gasteiger partial charge is 0.191 e. The molecule has 6 nitrogen and oxygen atoms in total. The van der Waals surface area contributed by atoms with E-state index in [1.807, 2.05) is 42.6 Å². The number of aromatic nitrogens is 2. The molecule has 1 saturated carbocycles. The second-order valence-corrected chi connectivity index (χ2v) is 7.25. The van der Waals surface area contributed by atoms with Crippen LogP contribution in [0.25, 0.3) is 11.3 Å². The number of ether oxygens (including phenoxy) is 1. The van der Waals surface area contributed by atoms with E-state index in [-0.39, 0.29) is 24.0 Å². The number of hydrogen-bond acceptors (Lipinski definition) is 3. The van der Waals surface area contributed by atoms with E-state index in [9.17, 15) is 0 Å². The molecule has 7 heteroatoms. The van der Waals surface area contributed by atoms with Gasteiger partial charge in [-0.1, -0.05) is 48.5 Å². The van der Waals surface area contributed by atoms with E-state index in [1.165, 1.54) is 12.8 Å². The molecule has 3 aromatic rings. The Labute approximate surface area is 194 Å². The summed E-state index contributed by atoms with van der Waals surface area (Å²) < 4.78 is 5.99. The van der Waals surface area contributed by atoms with Crippen LogP contribution in [0.3, 0.4) is 0 Å². The van der Waals surface area contributed by atoms with E-state index in [1.54, 1.807) is 7.05 Å². The second-order valence-electron chi connectivity index (χ2n) is 7.25. The lowest BCUT2D eigenvalue weighted by Gasteiger charge is -2.14. The number of nitrogens with one attached hydrogen (secondary N) is 3. The molecule has 2 aromatic carbocycles. The molecule has 0 radical (unpaired) electrons. The van der Waals surface area contributed by atoms with E-state index in [2.05, 4.69) is 43.8 Å². The molecule has 0 amide bonds. The van der Waals surface area contributed by atoms with Crippen LogP contribution in [0.5, 0.6) is 5.75 Å². The fourth-order valence-corrected chi connectivity index (χ4v) is 3.07. The number of H-pyrrole nitrogens is 1. The zero-order valence-electron chi connectivity index (χ0n) is 17.1. The van der Waals surface area contributed by atoms with E-state index in [4.69, 9.17) is 4.74 Å². The van der Waals surface area contributed by atoms with Crippen LogP contribution in [0.1, 0.15) is 24.2 Å². The Bertz CT molecular complexity index is 953. The standard InChI is InChI=1S/C23H27N5O.HI/c1-24-23(26-13-19-9-5-6-10-21(19)29-16-17-11-12-17)27-15-22-25-14-20(28-22)18-7-3-2-4-8-18;/h2-10,14,17H,11-13,15-16H2,1H3,(H,25,28)(H2,24,26,27);1H. The highest BCUT2D eigenvalue weighted by Crippen LogP contribution is 2.30. The predicted octanol–water partition coefficient (Wildman–Crippen LogP) is 4.35. The summed E-state index contributed by atoms with van der Waals surface area (Å²) in [4.78, 5) is 12.1. The quantitative estimate of drug-likeness (QED) is 0.236. The molecule has 3 N–H and O–H groups in total. The van der Waals surface area contributed by atoms with Gasteiger partial charge in [0.2, 0.25) is 0 Å². The monoisotopic (exact) mass is 517 g/mol. The van der Waals surface area contributed by atoms with Crippen molar-refractivity contribution in [2.75, 3.05) is 13.7 Å². The first kappa shape index (κ1) is 22.1. The Morgan fingerprint density at radius 2 is 1.80 bits per heavy atom. The molecule has 0 atom stereocenters. The average Bonchev–Trinajstić information content (AvgIpc) is 3.49. The maximum Gasteiger partial charge on any atom is 0.191 e. The van der Waals surface area contributed by atoms with Gasteiger partial charge in [0.25, 0.3) is 0 Å². The Balaban J connectivity index is 0.00000256. The summed E-state index contributed by atoms with van der Waals surface area (Å²) in [5.41, 5.74) is 3.25. The fourth-order valence-electron chi connectivity index (χ4n) is 3.07. The molecule has 4 rings (SSSR count). The van der Waals surface area contributed by atoms with Crippen LogP contribution in [0, 0.1) is 5.92 Å². The third kappa shape index (κ3) is 6.22. The zero-order chi connectivity index (χ0) is 19.9. The summed E-state index contributed by atoms with van der Waals surface area (Å²) in [7, 11) is 1.77. The number of guanidine groups is 1. The van der Waals surface area contributed by atoms with Gasteiger partial charge < -0.3 is 20.4 Å². The normalized spacial score (nSPS) is 13.4. The van der Waals surface area contributed by atoms with Crippen LogP contribution in [-0.2, 0) is 13.1 Å². The molecule has 1 fully saturated rings. The summed E-state index contributed by atoms with van der Waals surface area (Å²) in [6.07, 6.45) is 4.43. The maximum absolute atomic E-state index is 5.99. The van der Waals surface area contributed by atoms with Crippen LogP contribution in [0.2, 0.25) is 0 Å². The number of hydrogen-bond donors (Lipinski definition) is 3.